The van der Waals surface area contributed by atoms with Crippen LogP contribution in [0.25, 0.3) is 0 Å². The molecule has 0 aliphatic rings. The quantitative estimate of drug-likeness (QED) is 0.368. The number of hydrogen-bond donors (Lipinski definition) is 2. The van der Waals surface area contributed by atoms with Crippen LogP contribution in [0.15, 0.2) is 21.5 Å². The van der Waals surface area contributed by atoms with E-state index in [4.69, 9.17) is 10.9 Å². The second-order valence-electron chi connectivity index (χ2n) is 2.21. The van der Waals surface area contributed by atoms with E-state index in [2.05, 4.69) is 15.9 Å². The van der Waals surface area contributed by atoms with Crippen molar-refractivity contribution in [1.29, 1.82) is 0 Å². The Morgan fingerprint density at radius 1 is 1.54 bits per heavy atom. The lowest BCUT2D eigenvalue weighted by molar-refractivity contribution is -0.385. The Balaban J connectivity index is 3.30. The number of nitro groups is 1. The number of halogens is 1. The number of nitrogens with zero attached hydrogens (tertiary/aromatic N) is 1. The number of nitrogens with two attached hydrogens (primary N) is 2. The van der Waals surface area contributed by atoms with E-state index in [1.165, 1.54) is 12.1 Å². The van der Waals surface area contributed by atoms with Gasteiger partial charge in [-0.15, -0.1) is 0 Å². The molecule has 0 aliphatic carbocycles. The molecule has 0 saturated carbocycles. The Kier molecular flexibility index (Phi) is 3.12. The van der Waals surface area contributed by atoms with Crippen molar-refractivity contribution >= 4 is 39.3 Å². The minimum Gasteiger partial charge on any atom is -0.397 e. The highest BCUT2D eigenvalue weighted by Crippen LogP contribution is 2.33. The molecule has 0 spiro atoms. The van der Waals surface area contributed by atoms with Gasteiger partial charge in [0.25, 0.3) is 5.69 Å². The lowest BCUT2D eigenvalue weighted by Crippen LogP contribution is -1.95. The van der Waals surface area contributed by atoms with E-state index >= 15 is 0 Å². The number of hydrogen-bond acceptors (Lipinski definition) is 5. The van der Waals surface area contributed by atoms with Gasteiger partial charge in [0, 0.05) is 16.6 Å². The average molecular weight is 264 g/mol. The first-order valence-corrected chi connectivity index (χ1v) is 4.83. The zero-order valence-corrected chi connectivity index (χ0v) is 8.76. The highest BCUT2D eigenvalue weighted by molar-refractivity contribution is 9.10. The summed E-state index contributed by atoms with van der Waals surface area (Å²) in [5.74, 6) is 0. The molecular weight excluding hydrogens is 258 g/mol. The molecule has 13 heavy (non-hydrogen) atoms. The van der Waals surface area contributed by atoms with Crippen molar-refractivity contribution in [3.63, 3.8) is 0 Å². The van der Waals surface area contributed by atoms with Gasteiger partial charge in [-0.1, -0.05) is 0 Å². The molecule has 0 fully saturated rings. The Labute approximate surface area is 86.9 Å². The molecule has 0 unspecified atom stereocenters. The summed E-state index contributed by atoms with van der Waals surface area (Å²) < 4.78 is 0.481. The summed E-state index contributed by atoms with van der Waals surface area (Å²) in [5, 5.41) is 15.7. The molecule has 4 N–H and O–H groups in total. The van der Waals surface area contributed by atoms with Gasteiger partial charge < -0.3 is 5.73 Å². The van der Waals surface area contributed by atoms with Crippen molar-refractivity contribution in [3.8, 4) is 0 Å². The first kappa shape index (κ1) is 10.3. The van der Waals surface area contributed by atoms with E-state index in [-0.39, 0.29) is 5.69 Å². The van der Waals surface area contributed by atoms with E-state index in [1.807, 2.05) is 0 Å². The molecule has 0 heterocycles. The molecule has 0 bridgehead atoms. The van der Waals surface area contributed by atoms with Gasteiger partial charge in [0.1, 0.15) is 0 Å². The minimum absolute atomic E-state index is 0.0333. The zero-order valence-electron chi connectivity index (χ0n) is 6.36. The summed E-state index contributed by atoms with van der Waals surface area (Å²) >= 11 is 3.99. The summed E-state index contributed by atoms with van der Waals surface area (Å²) in [4.78, 5) is 10.4. The Morgan fingerprint density at radius 2 is 2.15 bits per heavy atom. The van der Waals surface area contributed by atoms with Crippen LogP contribution >= 0.6 is 27.9 Å². The van der Waals surface area contributed by atoms with E-state index in [0.717, 1.165) is 11.9 Å². The summed E-state index contributed by atoms with van der Waals surface area (Å²) in [6.07, 6.45) is 0. The summed E-state index contributed by atoms with van der Waals surface area (Å²) in [6.45, 7) is 0. The predicted octanol–water partition coefficient (Wildman–Crippen LogP) is 1.91. The second kappa shape index (κ2) is 3.95. The molecule has 0 amide bonds. The van der Waals surface area contributed by atoms with Gasteiger partial charge in [0.05, 0.1) is 15.5 Å². The van der Waals surface area contributed by atoms with Crippen LogP contribution in [0.3, 0.4) is 0 Å². The van der Waals surface area contributed by atoms with Gasteiger partial charge >= 0.3 is 0 Å². The topological polar surface area (TPSA) is 95.2 Å². The monoisotopic (exact) mass is 263 g/mol. The lowest BCUT2D eigenvalue weighted by Gasteiger charge is -2.03. The van der Waals surface area contributed by atoms with E-state index < -0.39 is 4.92 Å². The van der Waals surface area contributed by atoms with Crippen molar-refractivity contribution in [2.24, 2.45) is 5.14 Å². The lowest BCUT2D eigenvalue weighted by atomic mass is 10.3. The minimum atomic E-state index is -0.496. The second-order valence-corrected chi connectivity index (χ2v) is 3.74. The molecule has 0 radical (unpaired) electrons. The normalized spacial score (nSPS) is 10.0. The van der Waals surface area contributed by atoms with Crippen LogP contribution < -0.4 is 10.9 Å². The number of benzene rings is 1. The third kappa shape index (κ3) is 2.11. The summed E-state index contributed by atoms with van der Waals surface area (Å²) in [5.41, 5.74) is 5.97. The highest BCUT2D eigenvalue weighted by atomic mass is 79.9. The first-order chi connectivity index (χ1) is 6.06. The van der Waals surface area contributed by atoms with E-state index in [0.29, 0.717) is 15.1 Å². The van der Waals surface area contributed by atoms with Gasteiger partial charge in [-0.2, -0.15) is 0 Å². The predicted molar refractivity (Wildman–Crippen MR) is 55.3 cm³/mol. The number of nitro benzene ring substituents is 1. The third-order valence-corrected chi connectivity index (χ3v) is 2.66. The summed E-state index contributed by atoms with van der Waals surface area (Å²) in [6, 6.07) is 2.68. The fourth-order valence-corrected chi connectivity index (χ4v) is 1.79. The van der Waals surface area contributed by atoms with Gasteiger partial charge in [-0.3, -0.25) is 15.3 Å². The zero-order chi connectivity index (χ0) is 10.0. The third-order valence-electron chi connectivity index (χ3n) is 1.41. The highest BCUT2D eigenvalue weighted by Gasteiger charge is 2.12. The van der Waals surface area contributed by atoms with Crippen molar-refractivity contribution in [2.45, 2.75) is 4.90 Å². The summed E-state index contributed by atoms with van der Waals surface area (Å²) in [7, 11) is 0. The molecule has 0 aromatic heterocycles. The van der Waals surface area contributed by atoms with Crippen molar-refractivity contribution in [3.05, 3.63) is 26.7 Å². The van der Waals surface area contributed by atoms with E-state index in [1.54, 1.807) is 0 Å². The SMILES string of the molecule is NSc1cc([N+](=O)[O-])cc(Br)c1N. The molecule has 0 saturated heterocycles. The molecule has 1 rings (SSSR count). The van der Waals surface area contributed by atoms with Crippen molar-refractivity contribution in [1.82, 2.24) is 0 Å². The largest absolute Gasteiger partial charge is 0.397 e. The Bertz CT molecular complexity index is 358. The smallest absolute Gasteiger partial charge is 0.271 e. The molecule has 7 heteroatoms. The maximum Gasteiger partial charge on any atom is 0.271 e. The van der Waals surface area contributed by atoms with E-state index in [9.17, 15) is 10.1 Å². The number of rotatable bonds is 2. The van der Waals surface area contributed by atoms with Crippen LogP contribution in [0, 0.1) is 10.1 Å². The van der Waals surface area contributed by atoms with Gasteiger partial charge in [-0.25, -0.2) is 0 Å². The standard InChI is InChI=1S/C6H6BrN3O2S/c7-4-1-3(10(11)12)2-5(13-9)6(4)8/h1-2H,8-9H2. The molecule has 1 aromatic carbocycles. The Hall–Kier alpha value is -0.790. The van der Waals surface area contributed by atoms with Crippen molar-refractivity contribution < 1.29 is 4.92 Å². The fourth-order valence-electron chi connectivity index (χ4n) is 0.782. The molecule has 70 valence electrons. The average Bonchev–Trinajstić information content (AvgIpc) is 2.09. The van der Waals surface area contributed by atoms with Crippen LogP contribution in [0.1, 0.15) is 0 Å². The van der Waals surface area contributed by atoms with Crippen LogP contribution in [0.5, 0.6) is 0 Å². The van der Waals surface area contributed by atoms with Crippen molar-refractivity contribution in [2.75, 3.05) is 5.73 Å². The maximum atomic E-state index is 10.4. The van der Waals surface area contributed by atoms with Crippen LogP contribution in [-0.2, 0) is 0 Å². The molecule has 0 atom stereocenters. The van der Waals surface area contributed by atoms with Crippen LogP contribution in [0.2, 0.25) is 0 Å². The van der Waals surface area contributed by atoms with Crippen LogP contribution in [-0.4, -0.2) is 4.92 Å². The maximum absolute atomic E-state index is 10.4. The van der Waals surface area contributed by atoms with Gasteiger partial charge in [-0.05, 0) is 27.9 Å². The molecular formula is C6H6BrN3O2S. The van der Waals surface area contributed by atoms with Crippen LogP contribution in [0.4, 0.5) is 11.4 Å². The fraction of sp³-hybridized carbons (Fsp3) is 0. The number of non-ortho nitro benzene ring substituents is 1. The number of anilines is 1. The first-order valence-electron chi connectivity index (χ1n) is 3.16. The van der Waals surface area contributed by atoms with Gasteiger partial charge in [0.2, 0.25) is 0 Å². The molecule has 0 aliphatic heterocycles. The Morgan fingerprint density at radius 3 is 2.62 bits per heavy atom. The number of nitrogen functional groups attached to an aromatic ring is 1. The molecule has 5 nitrogen and oxygen atoms in total. The molecule has 1 aromatic rings. The van der Waals surface area contributed by atoms with Gasteiger partial charge in [0.15, 0.2) is 0 Å².